The van der Waals surface area contributed by atoms with Gasteiger partial charge in [-0.05, 0) is 43.7 Å². The van der Waals surface area contributed by atoms with Crippen LogP contribution in [0.25, 0.3) is 11.0 Å². The number of hydrogen-bond acceptors (Lipinski definition) is 3. The van der Waals surface area contributed by atoms with Gasteiger partial charge in [-0.1, -0.05) is 6.92 Å². The van der Waals surface area contributed by atoms with Gasteiger partial charge in [0.25, 0.3) is 0 Å². The summed E-state index contributed by atoms with van der Waals surface area (Å²) in [5.74, 6) is 2.71. The molecule has 0 unspecified atom stereocenters. The van der Waals surface area contributed by atoms with E-state index in [9.17, 15) is 0 Å². The van der Waals surface area contributed by atoms with Crippen molar-refractivity contribution in [1.29, 1.82) is 0 Å². The quantitative estimate of drug-likeness (QED) is 0.903. The number of methoxy groups -OCH3 is 1. The molecule has 1 aliphatic rings. The summed E-state index contributed by atoms with van der Waals surface area (Å²) in [7, 11) is 1.68. The summed E-state index contributed by atoms with van der Waals surface area (Å²) in [6.45, 7) is 2.99. The molecule has 0 radical (unpaired) electrons. The number of rotatable bonds is 3. The third-order valence-electron chi connectivity index (χ3n) is 4.81. The number of aromatic amines is 1. The molecule has 0 amide bonds. The van der Waals surface area contributed by atoms with E-state index >= 15 is 0 Å². The molecular formula is C16H23N3O. The van der Waals surface area contributed by atoms with Gasteiger partial charge in [0.2, 0.25) is 0 Å². The van der Waals surface area contributed by atoms with Gasteiger partial charge in [0.15, 0.2) is 0 Å². The maximum atomic E-state index is 6.11. The molecule has 1 heterocycles. The summed E-state index contributed by atoms with van der Waals surface area (Å²) in [6.07, 6.45) is 4.72. The Bertz CT molecular complexity index is 597. The molecule has 0 atom stereocenters. The fraction of sp³-hybridized carbons (Fsp3) is 0.562. The van der Waals surface area contributed by atoms with E-state index in [-0.39, 0.29) is 5.41 Å². The van der Waals surface area contributed by atoms with E-state index in [2.05, 4.69) is 11.9 Å². The highest BCUT2D eigenvalue weighted by molar-refractivity contribution is 5.77. The number of imidazole rings is 1. The summed E-state index contributed by atoms with van der Waals surface area (Å²) < 4.78 is 5.27. The number of H-pyrrole nitrogens is 1. The Labute approximate surface area is 119 Å². The average molecular weight is 273 g/mol. The normalized spacial score (nSPS) is 26.9. The fourth-order valence-corrected chi connectivity index (χ4v) is 3.22. The fourth-order valence-electron chi connectivity index (χ4n) is 3.22. The summed E-state index contributed by atoms with van der Waals surface area (Å²) in [5.41, 5.74) is 8.16. The molecule has 1 aromatic heterocycles. The zero-order chi connectivity index (χ0) is 14.2. The van der Waals surface area contributed by atoms with E-state index in [0.717, 1.165) is 41.4 Å². The lowest BCUT2D eigenvalue weighted by Gasteiger charge is -2.36. The van der Waals surface area contributed by atoms with Gasteiger partial charge in [0.05, 0.1) is 18.1 Å². The molecule has 0 bridgehead atoms. The first-order valence-electron chi connectivity index (χ1n) is 7.41. The second-order valence-corrected chi connectivity index (χ2v) is 6.14. The number of fused-ring (bicyclic) bond motifs is 1. The third-order valence-corrected chi connectivity index (χ3v) is 4.81. The molecule has 1 saturated carbocycles. The molecule has 0 saturated heterocycles. The van der Waals surface area contributed by atoms with Gasteiger partial charge in [-0.2, -0.15) is 0 Å². The minimum absolute atomic E-state index is 0.0266. The van der Waals surface area contributed by atoms with Gasteiger partial charge in [-0.3, -0.25) is 0 Å². The summed E-state index contributed by atoms with van der Waals surface area (Å²) >= 11 is 0. The van der Waals surface area contributed by atoms with Gasteiger partial charge >= 0.3 is 0 Å². The zero-order valence-electron chi connectivity index (χ0n) is 12.3. The highest BCUT2D eigenvalue weighted by Gasteiger charge is 2.37. The van der Waals surface area contributed by atoms with Crippen LogP contribution in [-0.2, 0) is 5.41 Å². The molecule has 1 aromatic carbocycles. The van der Waals surface area contributed by atoms with Crippen molar-refractivity contribution in [3.63, 3.8) is 0 Å². The van der Waals surface area contributed by atoms with Crippen LogP contribution in [0.15, 0.2) is 18.2 Å². The Morgan fingerprint density at radius 2 is 2.15 bits per heavy atom. The van der Waals surface area contributed by atoms with Crippen LogP contribution in [0, 0.1) is 5.92 Å². The van der Waals surface area contributed by atoms with E-state index in [0.29, 0.717) is 6.54 Å². The van der Waals surface area contributed by atoms with Crippen LogP contribution in [0.5, 0.6) is 5.75 Å². The van der Waals surface area contributed by atoms with Crippen LogP contribution in [0.2, 0.25) is 0 Å². The predicted molar refractivity (Wildman–Crippen MR) is 81.0 cm³/mol. The third kappa shape index (κ3) is 2.18. The van der Waals surface area contributed by atoms with E-state index in [4.69, 9.17) is 15.5 Å². The molecule has 108 valence electrons. The van der Waals surface area contributed by atoms with Crippen LogP contribution in [0.4, 0.5) is 0 Å². The van der Waals surface area contributed by atoms with Gasteiger partial charge < -0.3 is 15.5 Å². The van der Waals surface area contributed by atoms with Crippen LogP contribution in [0.1, 0.15) is 38.4 Å². The van der Waals surface area contributed by atoms with E-state index < -0.39 is 0 Å². The SMILES string of the molecule is COc1ccc2nc(C3(CN)CCC(C)CC3)[nH]c2c1. The number of benzene rings is 1. The Balaban J connectivity index is 1.99. The maximum absolute atomic E-state index is 6.11. The first-order valence-corrected chi connectivity index (χ1v) is 7.41. The second-order valence-electron chi connectivity index (χ2n) is 6.14. The molecule has 0 aliphatic heterocycles. The van der Waals surface area contributed by atoms with Crippen LogP contribution in [-0.4, -0.2) is 23.6 Å². The molecule has 4 heteroatoms. The predicted octanol–water partition coefficient (Wildman–Crippen LogP) is 2.98. The second kappa shape index (κ2) is 5.09. The van der Waals surface area contributed by atoms with Crippen molar-refractivity contribution in [1.82, 2.24) is 9.97 Å². The van der Waals surface area contributed by atoms with Crippen molar-refractivity contribution in [2.24, 2.45) is 11.7 Å². The van der Waals surface area contributed by atoms with Crippen molar-refractivity contribution < 1.29 is 4.74 Å². The monoisotopic (exact) mass is 273 g/mol. The van der Waals surface area contributed by atoms with Gasteiger partial charge in [-0.25, -0.2) is 4.98 Å². The number of aromatic nitrogens is 2. The smallest absolute Gasteiger partial charge is 0.121 e. The topological polar surface area (TPSA) is 63.9 Å². The van der Waals surface area contributed by atoms with Crippen molar-refractivity contribution in [3.8, 4) is 5.75 Å². The molecule has 3 N–H and O–H groups in total. The summed E-state index contributed by atoms with van der Waals surface area (Å²) in [6, 6.07) is 5.95. The molecule has 1 aliphatic carbocycles. The van der Waals surface area contributed by atoms with Crippen molar-refractivity contribution in [3.05, 3.63) is 24.0 Å². The van der Waals surface area contributed by atoms with Crippen molar-refractivity contribution >= 4 is 11.0 Å². The minimum Gasteiger partial charge on any atom is -0.497 e. The number of nitrogens with two attached hydrogens (primary N) is 1. The van der Waals surface area contributed by atoms with Crippen LogP contribution < -0.4 is 10.5 Å². The lowest BCUT2D eigenvalue weighted by molar-refractivity contribution is 0.238. The molecule has 3 rings (SSSR count). The summed E-state index contributed by atoms with van der Waals surface area (Å²) in [5, 5.41) is 0. The molecule has 20 heavy (non-hydrogen) atoms. The highest BCUT2D eigenvalue weighted by atomic mass is 16.5. The molecule has 1 fully saturated rings. The first kappa shape index (κ1) is 13.4. The number of ether oxygens (including phenoxy) is 1. The molecule has 2 aromatic rings. The number of nitrogens with one attached hydrogen (secondary N) is 1. The zero-order valence-corrected chi connectivity index (χ0v) is 12.3. The highest BCUT2D eigenvalue weighted by Crippen LogP contribution is 2.40. The standard InChI is InChI=1S/C16H23N3O/c1-11-5-7-16(10-17,8-6-11)15-18-13-4-3-12(20-2)9-14(13)19-15/h3-4,9,11H,5-8,10,17H2,1-2H3,(H,18,19). The maximum Gasteiger partial charge on any atom is 0.121 e. The lowest BCUT2D eigenvalue weighted by atomic mass is 9.70. The first-order chi connectivity index (χ1) is 9.66. The van der Waals surface area contributed by atoms with Gasteiger partial charge in [0, 0.05) is 18.0 Å². The van der Waals surface area contributed by atoms with Gasteiger partial charge in [-0.15, -0.1) is 0 Å². The van der Waals surface area contributed by atoms with Crippen molar-refractivity contribution in [2.75, 3.05) is 13.7 Å². The molecular weight excluding hydrogens is 250 g/mol. The lowest BCUT2D eigenvalue weighted by Crippen LogP contribution is -2.39. The average Bonchev–Trinajstić information content (AvgIpc) is 2.91. The Morgan fingerprint density at radius 1 is 1.40 bits per heavy atom. The number of nitrogens with zero attached hydrogens (tertiary/aromatic N) is 1. The van der Waals surface area contributed by atoms with E-state index in [1.54, 1.807) is 7.11 Å². The van der Waals surface area contributed by atoms with E-state index in [1.807, 2.05) is 18.2 Å². The summed E-state index contributed by atoms with van der Waals surface area (Å²) in [4.78, 5) is 8.26. The Kier molecular flexibility index (Phi) is 3.42. The number of hydrogen-bond donors (Lipinski definition) is 2. The Morgan fingerprint density at radius 3 is 2.80 bits per heavy atom. The Hall–Kier alpha value is -1.55. The van der Waals surface area contributed by atoms with Crippen LogP contribution >= 0.6 is 0 Å². The minimum atomic E-state index is 0.0266. The molecule has 0 spiro atoms. The van der Waals surface area contributed by atoms with Crippen LogP contribution in [0.3, 0.4) is 0 Å². The van der Waals surface area contributed by atoms with Crippen molar-refractivity contribution in [2.45, 2.75) is 38.0 Å². The largest absolute Gasteiger partial charge is 0.497 e. The van der Waals surface area contributed by atoms with Gasteiger partial charge in [0.1, 0.15) is 11.6 Å². The molecule has 4 nitrogen and oxygen atoms in total. The van der Waals surface area contributed by atoms with E-state index in [1.165, 1.54) is 12.8 Å².